The van der Waals surface area contributed by atoms with Gasteiger partial charge in [0.2, 0.25) is 0 Å². The second kappa shape index (κ2) is 5.64. The molecule has 0 amide bonds. The molecule has 0 radical (unpaired) electrons. The summed E-state index contributed by atoms with van der Waals surface area (Å²) in [5.74, 6) is 0. The van der Waals surface area contributed by atoms with E-state index in [-0.39, 0.29) is 6.61 Å². The molecule has 6 heteroatoms. The van der Waals surface area contributed by atoms with Gasteiger partial charge in [-0.1, -0.05) is 46.4 Å². The van der Waals surface area contributed by atoms with Gasteiger partial charge in [-0.2, -0.15) is 0 Å². The van der Waals surface area contributed by atoms with Crippen LogP contribution < -0.4 is 0 Å². The van der Waals surface area contributed by atoms with Crippen molar-refractivity contribution in [2.45, 2.75) is 6.61 Å². The Hall–Kier alpha value is -0.510. The maximum absolute atomic E-state index is 9.30. The number of aliphatic hydroxyl groups is 1. The molecule has 0 saturated heterocycles. The molecule has 18 heavy (non-hydrogen) atoms. The van der Waals surface area contributed by atoms with Crippen LogP contribution in [0.4, 0.5) is 0 Å². The topological polar surface area (TPSA) is 33.1 Å². The van der Waals surface area contributed by atoms with Crippen LogP contribution in [0.2, 0.25) is 20.2 Å². The number of hydrogen-bond donors (Lipinski definition) is 1. The first-order valence-corrected chi connectivity index (χ1v) is 6.45. The Bertz CT molecular complexity index is 601. The summed E-state index contributed by atoms with van der Waals surface area (Å²) < 4.78 is 0. The molecule has 0 aliphatic rings. The lowest BCUT2D eigenvalue weighted by Crippen LogP contribution is -1.95. The number of rotatable bonds is 2. The van der Waals surface area contributed by atoms with E-state index >= 15 is 0 Å². The van der Waals surface area contributed by atoms with Crippen LogP contribution in [-0.4, -0.2) is 10.1 Å². The van der Waals surface area contributed by atoms with E-state index in [4.69, 9.17) is 46.4 Å². The first kappa shape index (κ1) is 13.9. The minimum absolute atomic E-state index is 0.254. The summed E-state index contributed by atoms with van der Waals surface area (Å²) in [6.45, 7) is -0.254. The quantitative estimate of drug-likeness (QED) is 0.633. The number of hydrogen-bond acceptors (Lipinski definition) is 2. The summed E-state index contributed by atoms with van der Waals surface area (Å²) in [6, 6.07) is 6.55. The van der Waals surface area contributed by atoms with Crippen molar-refractivity contribution in [3.63, 3.8) is 0 Å². The molecule has 1 N–H and O–H groups in total. The Kier molecular flexibility index (Phi) is 4.36. The highest BCUT2D eigenvalue weighted by molar-refractivity contribution is 6.45. The molecule has 1 aromatic carbocycles. The molecule has 0 atom stereocenters. The lowest BCUT2D eigenvalue weighted by Gasteiger charge is -2.10. The normalized spacial score (nSPS) is 10.7. The van der Waals surface area contributed by atoms with Crippen molar-refractivity contribution in [1.82, 2.24) is 4.98 Å². The Morgan fingerprint density at radius 3 is 2.39 bits per heavy atom. The molecule has 0 bridgehead atoms. The Morgan fingerprint density at radius 2 is 1.72 bits per heavy atom. The fraction of sp³-hybridized carbons (Fsp3) is 0.0833. The summed E-state index contributed by atoms with van der Waals surface area (Å²) in [4.78, 5) is 4.04. The third-order valence-corrected chi connectivity index (χ3v) is 3.60. The SMILES string of the molecule is OCc1nc(Cl)ccc1-c1cc(Cl)cc(Cl)c1Cl. The zero-order valence-electron chi connectivity index (χ0n) is 8.92. The number of nitrogens with zero attached hydrogens (tertiary/aromatic N) is 1. The summed E-state index contributed by atoms with van der Waals surface area (Å²) >= 11 is 23.8. The highest BCUT2D eigenvalue weighted by atomic mass is 35.5. The average Bonchev–Trinajstić information content (AvgIpc) is 2.34. The zero-order valence-corrected chi connectivity index (χ0v) is 11.9. The fourth-order valence-electron chi connectivity index (χ4n) is 1.59. The van der Waals surface area contributed by atoms with Gasteiger partial charge in [0, 0.05) is 16.1 Å². The summed E-state index contributed by atoms with van der Waals surface area (Å²) in [6.07, 6.45) is 0. The van der Waals surface area contributed by atoms with Gasteiger partial charge in [-0.05, 0) is 24.3 Å². The predicted molar refractivity (Wildman–Crippen MR) is 75.6 cm³/mol. The molecular formula is C12H7Cl4NO. The van der Waals surface area contributed by atoms with Gasteiger partial charge in [0.05, 0.1) is 22.3 Å². The number of aromatic nitrogens is 1. The number of pyridine rings is 1. The molecule has 2 rings (SSSR count). The fourth-order valence-corrected chi connectivity index (χ4v) is 2.46. The molecule has 2 nitrogen and oxygen atoms in total. The molecule has 0 aliphatic heterocycles. The lowest BCUT2D eigenvalue weighted by molar-refractivity contribution is 0.277. The van der Waals surface area contributed by atoms with Crippen LogP contribution >= 0.6 is 46.4 Å². The zero-order chi connectivity index (χ0) is 13.3. The Morgan fingerprint density at radius 1 is 1.00 bits per heavy atom. The average molecular weight is 323 g/mol. The van der Waals surface area contributed by atoms with Gasteiger partial charge in [-0.15, -0.1) is 0 Å². The molecule has 94 valence electrons. The molecule has 0 unspecified atom stereocenters. The van der Waals surface area contributed by atoms with Crippen LogP contribution in [0.25, 0.3) is 11.1 Å². The maximum atomic E-state index is 9.30. The molecule has 0 saturated carbocycles. The second-order valence-electron chi connectivity index (χ2n) is 3.54. The van der Waals surface area contributed by atoms with Gasteiger partial charge in [0.25, 0.3) is 0 Å². The third kappa shape index (κ3) is 2.73. The van der Waals surface area contributed by atoms with Crippen molar-refractivity contribution in [2.75, 3.05) is 0 Å². The Labute approximate surface area is 124 Å². The van der Waals surface area contributed by atoms with Crippen LogP contribution in [0.5, 0.6) is 0 Å². The lowest BCUT2D eigenvalue weighted by atomic mass is 10.0. The second-order valence-corrected chi connectivity index (χ2v) is 5.14. The smallest absolute Gasteiger partial charge is 0.129 e. The van der Waals surface area contributed by atoms with Gasteiger partial charge < -0.3 is 5.11 Å². The summed E-state index contributed by atoms with van der Waals surface area (Å²) in [7, 11) is 0. The maximum Gasteiger partial charge on any atom is 0.129 e. The number of benzene rings is 1. The van der Waals surface area contributed by atoms with Crippen molar-refractivity contribution < 1.29 is 5.11 Å². The molecule has 0 fully saturated rings. The van der Waals surface area contributed by atoms with Crippen LogP contribution in [0, 0.1) is 0 Å². The minimum Gasteiger partial charge on any atom is -0.390 e. The largest absolute Gasteiger partial charge is 0.390 e. The van der Waals surface area contributed by atoms with Crippen molar-refractivity contribution in [1.29, 1.82) is 0 Å². The molecule has 1 aromatic heterocycles. The van der Waals surface area contributed by atoms with Gasteiger partial charge in [0.1, 0.15) is 5.15 Å². The van der Waals surface area contributed by atoms with E-state index in [1.165, 1.54) is 0 Å². The highest BCUT2D eigenvalue weighted by Crippen LogP contribution is 2.37. The monoisotopic (exact) mass is 321 g/mol. The van der Waals surface area contributed by atoms with Crippen LogP contribution in [0.1, 0.15) is 5.69 Å². The summed E-state index contributed by atoms with van der Waals surface area (Å²) in [5.41, 5.74) is 1.68. The van der Waals surface area contributed by atoms with Crippen LogP contribution in [0.15, 0.2) is 24.3 Å². The van der Waals surface area contributed by atoms with Gasteiger partial charge >= 0.3 is 0 Å². The first-order chi connectivity index (χ1) is 8.52. The number of aliphatic hydroxyl groups excluding tert-OH is 1. The first-order valence-electron chi connectivity index (χ1n) is 4.94. The van der Waals surface area contributed by atoms with E-state index in [1.54, 1.807) is 24.3 Å². The van der Waals surface area contributed by atoms with Gasteiger partial charge in [0.15, 0.2) is 0 Å². The van der Waals surface area contributed by atoms with E-state index in [2.05, 4.69) is 4.98 Å². The molecule has 0 aliphatic carbocycles. The standard InChI is InChI=1S/C12H7Cl4NO/c13-6-3-8(12(16)9(14)4-6)7-1-2-11(15)17-10(7)5-18/h1-4,18H,5H2. The number of halogens is 4. The van der Waals surface area contributed by atoms with Gasteiger partial charge in [-0.3, -0.25) is 0 Å². The van der Waals surface area contributed by atoms with E-state index in [0.29, 0.717) is 37.0 Å². The molecule has 2 aromatic rings. The van der Waals surface area contributed by atoms with Crippen molar-refractivity contribution in [3.05, 3.63) is 50.2 Å². The van der Waals surface area contributed by atoms with Crippen molar-refractivity contribution >= 4 is 46.4 Å². The van der Waals surface area contributed by atoms with Crippen LogP contribution in [0.3, 0.4) is 0 Å². The van der Waals surface area contributed by atoms with Crippen molar-refractivity contribution in [2.24, 2.45) is 0 Å². The van der Waals surface area contributed by atoms with E-state index in [0.717, 1.165) is 0 Å². The van der Waals surface area contributed by atoms with Gasteiger partial charge in [-0.25, -0.2) is 4.98 Å². The molecule has 0 spiro atoms. The van der Waals surface area contributed by atoms with Crippen LogP contribution in [-0.2, 0) is 6.61 Å². The van der Waals surface area contributed by atoms with Crippen molar-refractivity contribution in [3.8, 4) is 11.1 Å². The van der Waals surface area contributed by atoms with E-state index < -0.39 is 0 Å². The van der Waals surface area contributed by atoms with E-state index in [1.807, 2.05) is 0 Å². The predicted octanol–water partition coefficient (Wildman–Crippen LogP) is 4.85. The third-order valence-electron chi connectivity index (χ3n) is 2.37. The summed E-state index contributed by atoms with van der Waals surface area (Å²) in [5, 5.41) is 10.8. The highest BCUT2D eigenvalue weighted by Gasteiger charge is 2.13. The Balaban J connectivity index is 2.69. The minimum atomic E-state index is -0.254. The molecular weight excluding hydrogens is 316 g/mol. The molecule has 1 heterocycles. The van der Waals surface area contributed by atoms with E-state index in [9.17, 15) is 5.11 Å².